The molecule has 26 heavy (non-hydrogen) atoms. The fourth-order valence-electron chi connectivity index (χ4n) is 3.35. The molecule has 1 aliphatic heterocycles. The van der Waals surface area contributed by atoms with Gasteiger partial charge in [0, 0.05) is 45.0 Å². The van der Waals surface area contributed by atoms with E-state index in [2.05, 4.69) is 47.2 Å². The van der Waals surface area contributed by atoms with E-state index < -0.39 is 0 Å². The molecular weight excluding hydrogens is 326 g/mol. The van der Waals surface area contributed by atoms with Gasteiger partial charge in [0.2, 0.25) is 11.9 Å². The highest BCUT2D eigenvalue weighted by Gasteiger charge is 2.20. The maximum atomic E-state index is 11.5. The summed E-state index contributed by atoms with van der Waals surface area (Å²) in [5.41, 5.74) is 3.66. The summed E-state index contributed by atoms with van der Waals surface area (Å²) in [6.07, 6.45) is 3.72. The van der Waals surface area contributed by atoms with E-state index in [1.807, 2.05) is 11.0 Å². The Kier molecular flexibility index (Phi) is 5.71. The number of amides is 1. The van der Waals surface area contributed by atoms with Crippen LogP contribution in [0.2, 0.25) is 0 Å². The lowest BCUT2D eigenvalue weighted by Crippen LogP contribution is -2.48. The van der Waals surface area contributed by atoms with Crippen LogP contribution in [0.4, 0.5) is 17.5 Å². The Balaban J connectivity index is 1.78. The van der Waals surface area contributed by atoms with E-state index in [1.54, 1.807) is 13.1 Å². The molecule has 3 rings (SSSR count). The molecule has 6 nitrogen and oxygen atoms in total. The van der Waals surface area contributed by atoms with Crippen LogP contribution in [0, 0.1) is 0 Å². The number of carbonyl (C=O) groups is 1. The van der Waals surface area contributed by atoms with Crippen LogP contribution in [0.15, 0.2) is 30.5 Å². The maximum Gasteiger partial charge on any atom is 0.229 e. The summed E-state index contributed by atoms with van der Waals surface area (Å²) in [7, 11) is 0. The summed E-state index contributed by atoms with van der Waals surface area (Å²) in [6, 6.07) is 8.33. The number of hydrogen-bond donors (Lipinski definition) is 1. The third-order valence-electron chi connectivity index (χ3n) is 4.93. The minimum atomic E-state index is 0.137. The van der Waals surface area contributed by atoms with Crippen LogP contribution in [0.25, 0.3) is 0 Å². The number of nitrogens with one attached hydrogen (secondary N) is 1. The van der Waals surface area contributed by atoms with Crippen molar-refractivity contribution in [1.29, 1.82) is 0 Å². The van der Waals surface area contributed by atoms with Crippen LogP contribution in [-0.4, -0.2) is 47.0 Å². The lowest BCUT2D eigenvalue weighted by molar-refractivity contribution is -0.129. The predicted octanol–water partition coefficient (Wildman–Crippen LogP) is 3.01. The monoisotopic (exact) mass is 353 g/mol. The standard InChI is InChI=1S/C20H27N5O/c1-4-16-7-6-8-17(5-2)19(16)23-20-21-10-9-18(22-20)25-13-11-24(12-14-25)15(3)26/h6-10H,4-5,11-14H2,1-3H3,(H,21,22,23). The molecule has 2 aromatic rings. The average molecular weight is 353 g/mol. The van der Waals surface area contributed by atoms with Crippen LogP contribution in [0.3, 0.4) is 0 Å². The van der Waals surface area contributed by atoms with Gasteiger partial charge in [-0.15, -0.1) is 0 Å². The predicted molar refractivity (Wildman–Crippen MR) is 105 cm³/mol. The van der Waals surface area contributed by atoms with Gasteiger partial charge in [-0.2, -0.15) is 4.98 Å². The van der Waals surface area contributed by atoms with E-state index in [4.69, 9.17) is 4.98 Å². The van der Waals surface area contributed by atoms with Gasteiger partial charge in [0.1, 0.15) is 5.82 Å². The Hall–Kier alpha value is -2.63. The minimum Gasteiger partial charge on any atom is -0.353 e. The normalized spacial score (nSPS) is 14.4. The second-order valence-electron chi connectivity index (χ2n) is 6.51. The van der Waals surface area contributed by atoms with Crippen molar-refractivity contribution in [3.63, 3.8) is 0 Å². The summed E-state index contributed by atoms with van der Waals surface area (Å²) in [6.45, 7) is 9.00. The first kappa shape index (κ1) is 18.2. The zero-order chi connectivity index (χ0) is 18.5. The van der Waals surface area contributed by atoms with E-state index in [9.17, 15) is 4.79 Å². The van der Waals surface area contributed by atoms with Gasteiger partial charge in [0.05, 0.1) is 0 Å². The lowest BCUT2D eigenvalue weighted by atomic mass is 10.0. The molecule has 1 aromatic carbocycles. The lowest BCUT2D eigenvalue weighted by Gasteiger charge is -2.34. The molecule has 0 saturated carbocycles. The largest absolute Gasteiger partial charge is 0.353 e. The molecule has 138 valence electrons. The number of para-hydroxylation sites is 1. The third kappa shape index (κ3) is 3.95. The van der Waals surface area contributed by atoms with Gasteiger partial charge in [0.15, 0.2) is 0 Å². The molecule has 1 N–H and O–H groups in total. The third-order valence-corrected chi connectivity index (χ3v) is 4.93. The summed E-state index contributed by atoms with van der Waals surface area (Å²) >= 11 is 0. The van der Waals surface area contributed by atoms with Gasteiger partial charge in [0.25, 0.3) is 0 Å². The Labute approximate surface area is 155 Å². The number of aromatic nitrogens is 2. The Morgan fingerprint density at radius 3 is 2.31 bits per heavy atom. The van der Waals surface area contributed by atoms with Gasteiger partial charge in [-0.1, -0.05) is 32.0 Å². The van der Waals surface area contributed by atoms with Gasteiger partial charge < -0.3 is 15.1 Å². The maximum absolute atomic E-state index is 11.5. The molecule has 2 heterocycles. The second kappa shape index (κ2) is 8.17. The van der Waals surface area contributed by atoms with Gasteiger partial charge in [-0.25, -0.2) is 4.98 Å². The molecule has 1 aromatic heterocycles. The number of carbonyl (C=O) groups excluding carboxylic acids is 1. The average Bonchev–Trinajstić information content (AvgIpc) is 2.68. The van der Waals surface area contributed by atoms with E-state index in [-0.39, 0.29) is 5.91 Å². The fraction of sp³-hybridized carbons (Fsp3) is 0.450. The number of nitrogens with zero attached hydrogens (tertiary/aromatic N) is 4. The van der Waals surface area contributed by atoms with Crippen molar-refractivity contribution >= 4 is 23.4 Å². The highest BCUT2D eigenvalue weighted by Crippen LogP contribution is 2.26. The number of anilines is 3. The first-order valence-electron chi connectivity index (χ1n) is 9.33. The molecular formula is C20H27N5O. The number of aryl methyl sites for hydroxylation is 2. The highest BCUT2D eigenvalue weighted by molar-refractivity contribution is 5.73. The summed E-state index contributed by atoms with van der Waals surface area (Å²) in [4.78, 5) is 24.7. The molecule has 0 radical (unpaired) electrons. The molecule has 0 bridgehead atoms. The molecule has 0 spiro atoms. The van der Waals surface area contributed by atoms with Crippen molar-refractivity contribution < 1.29 is 4.79 Å². The van der Waals surface area contributed by atoms with Crippen molar-refractivity contribution in [2.24, 2.45) is 0 Å². The molecule has 1 fully saturated rings. The van der Waals surface area contributed by atoms with E-state index in [0.717, 1.165) is 50.5 Å². The van der Waals surface area contributed by atoms with Crippen molar-refractivity contribution in [2.45, 2.75) is 33.6 Å². The van der Waals surface area contributed by atoms with E-state index >= 15 is 0 Å². The van der Waals surface area contributed by atoms with Crippen LogP contribution < -0.4 is 10.2 Å². The smallest absolute Gasteiger partial charge is 0.229 e. The molecule has 1 aliphatic rings. The van der Waals surface area contributed by atoms with Crippen molar-refractivity contribution in [1.82, 2.24) is 14.9 Å². The first-order chi connectivity index (χ1) is 12.6. The molecule has 0 aliphatic carbocycles. The quantitative estimate of drug-likeness (QED) is 0.895. The molecule has 1 saturated heterocycles. The summed E-state index contributed by atoms with van der Waals surface area (Å²) in [5.74, 6) is 1.66. The number of benzene rings is 1. The minimum absolute atomic E-state index is 0.137. The molecule has 0 unspecified atom stereocenters. The fourth-order valence-corrected chi connectivity index (χ4v) is 3.35. The Morgan fingerprint density at radius 2 is 1.73 bits per heavy atom. The van der Waals surface area contributed by atoms with Crippen LogP contribution >= 0.6 is 0 Å². The summed E-state index contributed by atoms with van der Waals surface area (Å²) < 4.78 is 0. The van der Waals surface area contributed by atoms with Gasteiger partial charge in [-0.3, -0.25) is 4.79 Å². The van der Waals surface area contributed by atoms with Gasteiger partial charge >= 0.3 is 0 Å². The van der Waals surface area contributed by atoms with Crippen LogP contribution in [0.5, 0.6) is 0 Å². The highest BCUT2D eigenvalue weighted by atomic mass is 16.2. The zero-order valence-corrected chi connectivity index (χ0v) is 15.8. The topological polar surface area (TPSA) is 61.4 Å². The van der Waals surface area contributed by atoms with E-state index in [0.29, 0.717) is 5.95 Å². The zero-order valence-electron chi connectivity index (χ0n) is 15.8. The van der Waals surface area contributed by atoms with Crippen molar-refractivity contribution in [2.75, 3.05) is 36.4 Å². The van der Waals surface area contributed by atoms with Crippen LogP contribution in [0.1, 0.15) is 31.9 Å². The van der Waals surface area contributed by atoms with Crippen molar-refractivity contribution in [3.05, 3.63) is 41.6 Å². The summed E-state index contributed by atoms with van der Waals surface area (Å²) in [5, 5.41) is 3.44. The SMILES string of the molecule is CCc1cccc(CC)c1Nc1nccc(N2CCN(C(C)=O)CC2)n1. The number of piperazine rings is 1. The number of hydrogen-bond acceptors (Lipinski definition) is 5. The Bertz CT molecular complexity index is 746. The molecule has 6 heteroatoms. The second-order valence-corrected chi connectivity index (χ2v) is 6.51. The molecule has 0 atom stereocenters. The van der Waals surface area contributed by atoms with Crippen LogP contribution in [-0.2, 0) is 17.6 Å². The van der Waals surface area contributed by atoms with E-state index in [1.165, 1.54) is 11.1 Å². The Morgan fingerprint density at radius 1 is 1.08 bits per heavy atom. The van der Waals surface area contributed by atoms with Gasteiger partial charge in [-0.05, 0) is 30.0 Å². The number of rotatable bonds is 5. The van der Waals surface area contributed by atoms with Crippen molar-refractivity contribution in [3.8, 4) is 0 Å². The molecule has 1 amide bonds. The first-order valence-corrected chi connectivity index (χ1v) is 9.33.